The summed E-state index contributed by atoms with van der Waals surface area (Å²) in [5.41, 5.74) is 0.923. The molecular formula is C15H13FO3. The molecule has 2 aromatic rings. The molecule has 0 saturated heterocycles. The molecule has 0 radical (unpaired) electrons. The lowest BCUT2D eigenvalue weighted by Crippen LogP contribution is -2.04. The van der Waals surface area contributed by atoms with Crippen LogP contribution >= 0.6 is 0 Å². The summed E-state index contributed by atoms with van der Waals surface area (Å²) in [6.07, 6.45) is 0.111. The van der Waals surface area contributed by atoms with Crippen LogP contribution < -0.4 is 4.74 Å². The van der Waals surface area contributed by atoms with Crippen molar-refractivity contribution in [2.45, 2.75) is 6.42 Å². The van der Waals surface area contributed by atoms with Gasteiger partial charge in [-0.05, 0) is 29.8 Å². The minimum Gasteiger partial charge on any atom is -0.507 e. The smallest absolute Gasteiger partial charge is 0.170 e. The van der Waals surface area contributed by atoms with E-state index in [1.165, 1.54) is 31.4 Å². The number of rotatable bonds is 4. The van der Waals surface area contributed by atoms with Gasteiger partial charge in [-0.1, -0.05) is 12.1 Å². The molecule has 0 aliphatic carbocycles. The van der Waals surface area contributed by atoms with Crippen molar-refractivity contribution >= 4 is 5.78 Å². The van der Waals surface area contributed by atoms with Crippen molar-refractivity contribution in [1.82, 2.24) is 0 Å². The average Bonchev–Trinajstić information content (AvgIpc) is 2.41. The molecule has 0 aliphatic heterocycles. The Morgan fingerprint density at radius 3 is 2.47 bits per heavy atom. The van der Waals surface area contributed by atoms with Crippen molar-refractivity contribution < 1.29 is 19.0 Å². The van der Waals surface area contributed by atoms with E-state index in [-0.39, 0.29) is 29.3 Å². The normalized spacial score (nSPS) is 10.2. The lowest BCUT2D eigenvalue weighted by Gasteiger charge is -2.06. The lowest BCUT2D eigenvalue weighted by molar-refractivity contribution is 0.0990. The lowest BCUT2D eigenvalue weighted by atomic mass is 10.0. The number of Topliss-reactive ketones (excluding diaryl/α,β-unsaturated/α-hetero) is 1. The Morgan fingerprint density at radius 1 is 1.21 bits per heavy atom. The second kappa shape index (κ2) is 5.52. The van der Waals surface area contributed by atoms with E-state index in [0.717, 1.165) is 0 Å². The quantitative estimate of drug-likeness (QED) is 0.860. The Hall–Kier alpha value is -2.36. The van der Waals surface area contributed by atoms with Gasteiger partial charge in [0.1, 0.15) is 17.3 Å². The van der Waals surface area contributed by atoms with Crippen LogP contribution in [0.5, 0.6) is 11.5 Å². The molecule has 0 saturated carbocycles. The Morgan fingerprint density at radius 2 is 1.89 bits per heavy atom. The largest absolute Gasteiger partial charge is 0.507 e. The number of hydrogen-bond donors (Lipinski definition) is 1. The Kier molecular flexibility index (Phi) is 3.80. The number of hydrogen-bond acceptors (Lipinski definition) is 3. The number of benzene rings is 2. The van der Waals surface area contributed by atoms with E-state index in [0.29, 0.717) is 11.3 Å². The second-order valence-corrected chi connectivity index (χ2v) is 4.11. The van der Waals surface area contributed by atoms with Crippen LogP contribution in [0.1, 0.15) is 15.9 Å². The summed E-state index contributed by atoms with van der Waals surface area (Å²) < 4.78 is 17.7. The van der Waals surface area contributed by atoms with E-state index in [1.54, 1.807) is 18.2 Å². The van der Waals surface area contributed by atoms with Crippen LogP contribution in [-0.4, -0.2) is 18.0 Å². The Bertz CT molecular complexity index is 591. The summed E-state index contributed by atoms with van der Waals surface area (Å²) in [6.45, 7) is 0. The molecule has 0 spiro atoms. The first-order chi connectivity index (χ1) is 9.10. The van der Waals surface area contributed by atoms with Gasteiger partial charge in [0.25, 0.3) is 0 Å². The molecule has 2 aromatic carbocycles. The van der Waals surface area contributed by atoms with Crippen molar-refractivity contribution in [3.63, 3.8) is 0 Å². The van der Waals surface area contributed by atoms with Gasteiger partial charge < -0.3 is 9.84 Å². The molecule has 98 valence electrons. The van der Waals surface area contributed by atoms with Crippen molar-refractivity contribution in [2.75, 3.05) is 7.11 Å². The van der Waals surface area contributed by atoms with Crippen molar-refractivity contribution in [3.8, 4) is 11.5 Å². The highest BCUT2D eigenvalue weighted by atomic mass is 19.1. The highest BCUT2D eigenvalue weighted by molar-refractivity contribution is 6.00. The van der Waals surface area contributed by atoms with Crippen molar-refractivity contribution in [1.29, 1.82) is 0 Å². The van der Waals surface area contributed by atoms with Gasteiger partial charge >= 0.3 is 0 Å². The molecule has 0 aliphatic rings. The molecule has 3 nitrogen and oxygen atoms in total. The summed E-state index contributed by atoms with van der Waals surface area (Å²) >= 11 is 0. The second-order valence-electron chi connectivity index (χ2n) is 4.11. The molecule has 0 unspecified atom stereocenters. The van der Waals surface area contributed by atoms with Crippen LogP contribution in [0, 0.1) is 5.82 Å². The van der Waals surface area contributed by atoms with E-state index in [9.17, 15) is 14.3 Å². The molecule has 0 heterocycles. The van der Waals surface area contributed by atoms with Crippen LogP contribution in [0.3, 0.4) is 0 Å². The van der Waals surface area contributed by atoms with Gasteiger partial charge in [0.05, 0.1) is 12.7 Å². The maximum atomic E-state index is 12.8. The molecule has 4 heteroatoms. The van der Waals surface area contributed by atoms with Gasteiger partial charge in [-0.15, -0.1) is 0 Å². The number of methoxy groups -OCH3 is 1. The zero-order valence-corrected chi connectivity index (χ0v) is 10.4. The standard InChI is InChI=1S/C15H13FO3/c1-19-12-6-7-13(15(18)9-12)14(17)8-10-2-4-11(16)5-3-10/h2-7,9,18H,8H2,1H3. The molecule has 0 atom stereocenters. The van der Waals surface area contributed by atoms with E-state index in [2.05, 4.69) is 0 Å². The number of carbonyl (C=O) groups excluding carboxylic acids is 1. The minimum absolute atomic E-state index is 0.111. The van der Waals surface area contributed by atoms with Crippen molar-refractivity contribution in [2.24, 2.45) is 0 Å². The molecule has 0 aromatic heterocycles. The molecule has 1 N–H and O–H groups in total. The molecular weight excluding hydrogens is 247 g/mol. The molecule has 19 heavy (non-hydrogen) atoms. The number of aromatic hydroxyl groups is 1. The fourth-order valence-electron chi connectivity index (χ4n) is 1.76. The van der Waals surface area contributed by atoms with Crippen molar-refractivity contribution in [3.05, 3.63) is 59.4 Å². The summed E-state index contributed by atoms with van der Waals surface area (Å²) in [7, 11) is 1.48. The summed E-state index contributed by atoms with van der Waals surface area (Å²) in [6, 6.07) is 10.2. The monoisotopic (exact) mass is 260 g/mol. The zero-order valence-electron chi connectivity index (χ0n) is 10.4. The SMILES string of the molecule is COc1ccc(C(=O)Cc2ccc(F)cc2)c(O)c1. The van der Waals surface area contributed by atoms with Crippen LogP contribution in [0.25, 0.3) is 0 Å². The maximum Gasteiger partial charge on any atom is 0.170 e. The van der Waals surface area contributed by atoms with E-state index in [4.69, 9.17) is 4.74 Å². The van der Waals surface area contributed by atoms with E-state index >= 15 is 0 Å². The van der Waals surface area contributed by atoms with Crippen LogP contribution in [0.4, 0.5) is 4.39 Å². The molecule has 0 fully saturated rings. The highest BCUT2D eigenvalue weighted by Crippen LogP contribution is 2.24. The Labute approximate surface area is 110 Å². The number of carbonyl (C=O) groups is 1. The number of phenols is 1. The number of phenolic OH excluding ortho intramolecular Hbond substituents is 1. The van der Waals surface area contributed by atoms with Gasteiger partial charge in [0.15, 0.2) is 5.78 Å². The first kappa shape index (κ1) is 13.1. The fourth-order valence-corrected chi connectivity index (χ4v) is 1.76. The molecule has 2 rings (SSSR count). The first-order valence-electron chi connectivity index (χ1n) is 5.75. The van der Waals surface area contributed by atoms with Crippen LogP contribution in [0.2, 0.25) is 0 Å². The summed E-state index contributed by atoms with van der Waals surface area (Å²) in [5.74, 6) is -0.211. The first-order valence-corrected chi connectivity index (χ1v) is 5.75. The van der Waals surface area contributed by atoms with Gasteiger partial charge in [-0.25, -0.2) is 4.39 Å². The zero-order chi connectivity index (χ0) is 13.8. The van der Waals surface area contributed by atoms with E-state index in [1.807, 2.05) is 0 Å². The fraction of sp³-hybridized carbons (Fsp3) is 0.133. The van der Waals surface area contributed by atoms with Gasteiger partial charge in [-0.2, -0.15) is 0 Å². The Balaban J connectivity index is 2.18. The number of ketones is 1. The average molecular weight is 260 g/mol. The predicted molar refractivity (Wildman–Crippen MR) is 69.1 cm³/mol. The third-order valence-corrected chi connectivity index (χ3v) is 2.78. The molecule has 0 bridgehead atoms. The number of halogens is 1. The minimum atomic E-state index is -0.344. The van der Waals surface area contributed by atoms with Gasteiger partial charge in [0, 0.05) is 12.5 Å². The summed E-state index contributed by atoms with van der Waals surface area (Å²) in [4.78, 5) is 12.0. The van der Waals surface area contributed by atoms with Gasteiger partial charge in [0.2, 0.25) is 0 Å². The number of ether oxygens (including phenoxy) is 1. The van der Waals surface area contributed by atoms with Crippen LogP contribution in [-0.2, 0) is 6.42 Å². The van der Waals surface area contributed by atoms with Gasteiger partial charge in [-0.3, -0.25) is 4.79 Å². The maximum absolute atomic E-state index is 12.8. The predicted octanol–water partition coefficient (Wildman–Crippen LogP) is 2.97. The third-order valence-electron chi connectivity index (χ3n) is 2.78. The molecule has 0 amide bonds. The third kappa shape index (κ3) is 3.10. The highest BCUT2D eigenvalue weighted by Gasteiger charge is 2.12. The summed E-state index contributed by atoms with van der Waals surface area (Å²) in [5, 5.41) is 9.75. The van der Waals surface area contributed by atoms with Crippen LogP contribution in [0.15, 0.2) is 42.5 Å². The van der Waals surface area contributed by atoms with E-state index < -0.39 is 0 Å². The topological polar surface area (TPSA) is 46.5 Å².